The molecule has 8 heteroatoms. The molecule has 1 aliphatic rings. The second-order valence-electron chi connectivity index (χ2n) is 6.36. The van der Waals surface area contributed by atoms with Gasteiger partial charge in [-0.2, -0.15) is 5.10 Å². The molecule has 1 aliphatic heterocycles. The molecule has 0 aliphatic carbocycles. The Balaban J connectivity index is 1.66. The summed E-state index contributed by atoms with van der Waals surface area (Å²) in [5, 5.41) is 14.7. The average molecular weight is 349 g/mol. The summed E-state index contributed by atoms with van der Waals surface area (Å²) in [6.45, 7) is 5.39. The van der Waals surface area contributed by atoms with E-state index in [2.05, 4.69) is 21.9 Å². The summed E-state index contributed by atoms with van der Waals surface area (Å²) < 4.78 is 1.93. The van der Waals surface area contributed by atoms with Gasteiger partial charge >= 0.3 is 0 Å². The molecule has 7 nitrogen and oxygen atoms in total. The van der Waals surface area contributed by atoms with Crippen molar-refractivity contribution in [1.29, 1.82) is 0 Å². The molecule has 1 atom stereocenters. The summed E-state index contributed by atoms with van der Waals surface area (Å²) in [7, 11) is 3.37. The van der Waals surface area contributed by atoms with E-state index < -0.39 is 6.10 Å². The van der Waals surface area contributed by atoms with Crippen LogP contribution in [0.1, 0.15) is 34.5 Å². The summed E-state index contributed by atoms with van der Waals surface area (Å²) in [4.78, 5) is 21.2. The van der Waals surface area contributed by atoms with Crippen molar-refractivity contribution in [2.24, 2.45) is 0 Å². The third-order valence-corrected chi connectivity index (χ3v) is 5.12. The number of fused-ring (bicyclic) bond motifs is 1. The van der Waals surface area contributed by atoms with Crippen LogP contribution in [0.2, 0.25) is 0 Å². The molecule has 130 valence electrons. The minimum absolute atomic E-state index is 0.0607. The number of carbonyl (C=O) groups excluding carboxylic acids is 1. The lowest BCUT2D eigenvalue weighted by molar-refractivity contribution is -0.130. The van der Waals surface area contributed by atoms with Crippen LogP contribution in [-0.4, -0.2) is 56.2 Å². The Morgan fingerprint density at radius 2 is 2.25 bits per heavy atom. The molecule has 3 rings (SSSR count). The van der Waals surface area contributed by atoms with Crippen LogP contribution in [0.4, 0.5) is 0 Å². The van der Waals surface area contributed by atoms with Crippen LogP contribution >= 0.6 is 11.3 Å². The van der Waals surface area contributed by atoms with Gasteiger partial charge in [-0.25, -0.2) is 4.98 Å². The number of rotatable bonds is 5. The topological polar surface area (TPSA) is 74.5 Å². The molecule has 1 amide bonds. The second-order valence-corrected chi connectivity index (χ2v) is 7.42. The van der Waals surface area contributed by atoms with Crippen molar-refractivity contribution in [1.82, 2.24) is 24.6 Å². The van der Waals surface area contributed by atoms with Gasteiger partial charge < -0.3 is 10.0 Å². The minimum Gasteiger partial charge on any atom is -0.386 e. The predicted molar refractivity (Wildman–Crippen MR) is 91.5 cm³/mol. The highest BCUT2D eigenvalue weighted by atomic mass is 32.1. The van der Waals surface area contributed by atoms with Gasteiger partial charge in [-0.15, -0.1) is 11.3 Å². The molecular formula is C16H23N5O2S. The van der Waals surface area contributed by atoms with Crippen LogP contribution in [0.3, 0.4) is 0 Å². The molecule has 0 fully saturated rings. The van der Waals surface area contributed by atoms with Gasteiger partial charge in [0.1, 0.15) is 6.10 Å². The maximum Gasteiger partial charge on any atom is 0.225 e. The van der Waals surface area contributed by atoms with Gasteiger partial charge in [0.05, 0.1) is 35.6 Å². The van der Waals surface area contributed by atoms with Crippen molar-refractivity contribution in [3.8, 4) is 0 Å². The number of hydrogen-bond acceptors (Lipinski definition) is 6. The highest BCUT2D eigenvalue weighted by Crippen LogP contribution is 2.22. The SMILES string of the molecule is Cc1scnc1CN1CCn2nc([C@H](O)CC(=O)N(C)C)cc2C1. The van der Waals surface area contributed by atoms with Crippen molar-refractivity contribution >= 4 is 17.2 Å². The number of hydrogen-bond donors (Lipinski definition) is 1. The molecule has 2 aromatic rings. The first-order valence-corrected chi connectivity index (χ1v) is 8.88. The Kier molecular flexibility index (Phi) is 4.98. The van der Waals surface area contributed by atoms with Crippen LogP contribution in [0.15, 0.2) is 11.6 Å². The van der Waals surface area contributed by atoms with E-state index in [4.69, 9.17) is 0 Å². The fourth-order valence-electron chi connectivity index (χ4n) is 2.79. The number of amides is 1. The fraction of sp³-hybridized carbons (Fsp3) is 0.562. The Labute approximate surface area is 145 Å². The van der Waals surface area contributed by atoms with Gasteiger partial charge in [-0.3, -0.25) is 14.4 Å². The van der Waals surface area contributed by atoms with Crippen LogP contribution < -0.4 is 0 Å². The number of nitrogens with zero attached hydrogens (tertiary/aromatic N) is 5. The largest absolute Gasteiger partial charge is 0.386 e. The van der Waals surface area contributed by atoms with Crippen LogP contribution in [-0.2, 0) is 24.4 Å². The number of aryl methyl sites for hydroxylation is 1. The lowest BCUT2D eigenvalue weighted by Crippen LogP contribution is -2.33. The van der Waals surface area contributed by atoms with Gasteiger partial charge in [0.15, 0.2) is 0 Å². The molecule has 3 heterocycles. The number of aliphatic hydroxyl groups is 1. The Bertz CT molecular complexity index is 724. The summed E-state index contributed by atoms with van der Waals surface area (Å²) in [5.74, 6) is -0.103. The normalized spacial score (nSPS) is 16.0. The predicted octanol–water partition coefficient (Wildman–Crippen LogP) is 1.18. The molecule has 0 saturated carbocycles. The third-order valence-electron chi connectivity index (χ3n) is 4.32. The van der Waals surface area contributed by atoms with Gasteiger partial charge in [0.2, 0.25) is 5.91 Å². The number of carbonyl (C=O) groups is 1. The Hall–Kier alpha value is -1.77. The summed E-state index contributed by atoms with van der Waals surface area (Å²) in [6, 6.07) is 1.91. The molecule has 0 unspecified atom stereocenters. The van der Waals surface area contributed by atoms with E-state index in [0.29, 0.717) is 5.69 Å². The third kappa shape index (κ3) is 3.66. The second kappa shape index (κ2) is 7.00. The molecule has 0 aromatic carbocycles. The van der Waals surface area contributed by atoms with Crippen LogP contribution in [0.5, 0.6) is 0 Å². The minimum atomic E-state index is -0.854. The number of aromatic nitrogens is 3. The van der Waals surface area contributed by atoms with Crippen molar-refractivity contribution in [2.45, 2.75) is 39.1 Å². The first-order valence-electron chi connectivity index (χ1n) is 8.00. The first kappa shape index (κ1) is 17.1. The van der Waals surface area contributed by atoms with Crippen molar-refractivity contribution in [3.63, 3.8) is 0 Å². The zero-order valence-corrected chi connectivity index (χ0v) is 15.1. The zero-order valence-electron chi connectivity index (χ0n) is 14.3. The maximum atomic E-state index is 11.7. The zero-order chi connectivity index (χ0) is 17.3. The molecular weight excluding hydrogens is 326 g/mol. The van der Waals surface area contributed by atoms with E-state index in [-0.39, 0.29) is 12.3 Å². The lowest BCUT2D eigenvalue weighted by atomic mass is 10.1. The van der Waals surface area contributed by atoms with Crippen molar-refractivity contribution in [3.05, 3.63) is 33.5 Å². The fourth-order valence-corrected chi connectivity index (χ4v) is 3.38. The highest BCUT2D eigenvalue weighted by molar-refractivity contribution is 7.09. The smallest absolute Gasteiger partial charge is 0.225 e. The van der Waals surface area contributed by atoms with E-state index in [1.54, 1.807) is 25.4 Å². The summed E-state index contributed by atoms with van der Waals surface area (Å²) in [6.07, 6.45) is -0.794. The van der Waals surface area contributed by atoms with Crippen molar-refractivity contribution < 1.29 is 9.90 Å². The molecule has 2 aromatic heterocycles. The Morgan fingerprint density at radius 3 is 2.92 bits per heavy atom. The highest BCUT2D eigenvalue weighted by Gasteiger charge is 2.23. The monoisotopic (exact) mass is 349 g/mol. The first-order chi connectivity index (χ1) is 11.4. The quantitative estimate of drug-likeness (QED) is 0.877. The van der Waals surface area contributed by atoms with Gasteiger partial charge in [0, 0.05) is 38.6 Å². The number of aliphatic hydroxyl groups excluding tert-OH is 1. The van der Waals surface area contributed by atoms with Gasteiger partial charge in [0.25, 0.3) is 0 Å². The molecule has 1 N–H and O–H groups in total. The maximum absolute atomic E-state index is 11.7. The summed E-state index contributed by atoms with van der Waals surface area (Å²) >= 11 is 1.67. The molecule has 0 spiro atoms. The van der Waals surface area contributed by atoms with Crippen LogP contribution in [0.25, 0.3) is 0 Å². The Morgan fingerprint density at radius 1 is 1.46 bits per heavy atom. The molecule has 0 bridgehead atoms. The summed E-state index contributed by atoms with van der Waals surface area (Å²) in [5.41, 5.74) is 4.66. The molecule has 0 saturated heterocycles. The molecule has 24 heavy (non-hydrogen) atoms. The van der Waals surface area contributed by atoms with E-state index in [1.165, 1.54) is 9.78 Å². The molecule has 0 radical (unpaired) electrons. The van der Waals surface area contributed by atoms with E-state index in [0.717, 1.165) is 37.6 Å². The average Bonchev–Trinajstić information content (AvgIpc) is 3.13. The van der Waals surface area contributed by atoms with E-state index in [9.17, 15) is 9.90 Å². The van der Waals surface area contributed by atoms with E-state index in [1.807, 2.05) is 16.3 Å². The van der Waals surface area contributed by atoms with E-state index >= 15 is 0 Å². The van der Waals surface area contributed by atoms with Gasteiger partial charge in [-0.05, 0) is 13.0 Å². The van der Waals surface area contributed by atoms with Gasteiger partial charge in [-0.1, -0.05) is 0 Å². The standard InChI is InChI=1S/C16H23N5O2S/c1-11-14(17-10-24-11)9-20-4-5-21-12(8-20)6-13(18-21)15(22)7-16(23)19(2)3/h6,10,15,22H,4-5,7-9H2,1-3H3/t15-/m1/s1. The van der Waals surface area contributed by atoms with Crippen molar-refractivity contribution in [2.75, 3.05) is 20.6 Å². The number of thiazole rings is 1. The van der Waals surface area contributed by atoms with Crippen LogP contribution in [0, 0.1) is 6.92 Å². The lowest BCUT2D eigenvalue weighted by Gasteiger charge is -2.26.